The van der Waals surface area contributed by atoms with Gasteiger partial charge in [0.2, 0.25) is 0 Å². The minimum absolute atomic E-state index is 0.102. The van der Waals surface area contributed by atoms with Crippen molar-refractivity contribution in [3.63, 3.8) is 0 Å². The van der Waals surface area contributed by atoms with Crippen LogP contribution in [0.4, 0.5) is 4.79 Å². The van der Waals surface area contributed by atoms with Crippen LogP contribution in [0.3, 0.4) is 0 Å². The van der Waals surface area contributed by atoms with E-state index >= 15 is 0 Å². The number of carbonyl (C=O) groups is 2. The van der Waals surface area contributed by atoms with Crippen molar-refractivity contribution in [3.05, 3.63) is 59.9 Å². The molecule has 2 rings (SSSR count). The number of aliphatic carboxylic acids is 1. The normalized spacial score (nSPS) is 11.7. The number of carboxylic acid groups (broad SMARTS) is 1. The number of aromatic nitrogens is 1. The van der Waals surface area contributed by atoms with Crippen LogP contribution in [0.1, 0.15) is 11.1 Å². The standard InChI is InChI=1S/C16H18N2O4/c1-18-8-7-13(10-18)9-14(15(19)20)17-16(21)22-11-12-5-3-2-4-6-12/h2-8,10,14H,9,11H2,1H3,(H,17,21)(H,19,20). The molecule has 0 saturated heterocycles. The Morgan fingerprint density at radius 2 is 1.95 bits per heavy atom. The highest BCUT2D eigenvalue weighted by molar-refractivity contribution is 5.80. The molecular formula is C16H18N2O4. The second kappa shape index (κ2) is 7.31. The third-order valence-electron chi connectivity index (χ3n) is 3.14. The van der Waals surface area contributed by atoms with Crippen LogP contribution in [0.2, 0.25) is 0 Å². The van der Waals surface area contributed by atoms with E-state index in [1.807, 2.05) is 60.4 Å². The molecule has 0 saturated carbocycles. The molecule has 6 nitrogen and oxygen atoms in total. The lowest BCUT2D eigenvalue weighted by atomic mass is 10.1. The fourth-order valence-corrected chi connectivity index (χ4v) is 2.02. The van der Waals surface area contributed by atoms with Crippen molar-refractivity contribution in [1.82, 2.24) is 9.88 Å². The van der Waals surface area contributed by atoms with Crippen molar-refractivity contribution in [1.29, 1.82) is 0 Å². The lowest BCUT2D eigenvalue weighted by Crippen LogP contribution is -2.42. The average Bonchev–Trinajstić information content (AvgIpc) is 2.91. The van der Waals surface area contributed by atoms with Crippen molar-refractivity contribution in [3.8, 4) is 0 Å². The van der Waals surface area contributed by atoms with Crippen LogP contribution >= 0.6 is 0 Å². The summed E-state index contributed by atoms with van der Waals surface area (Å²) in [6.07, 6.45) is 3.10. The summed E-state index contributed by atoms with van der Waals surface area (Å²) in [6.45, 7) is 0.102. The van der Waals surface area contributed by atoms with E-state index in [0.29, 0.717) is 0 Å². The Balaban J connectivity index is 1.87. The van der Waals surface area contributed by atoms with E-state index in [1.165, 1.54) is 0 Å². The topological polar surface area (TPSA) is 80.6 Å². The van der Waals surface area contributed by atoms with Crippen LogP contribution in [0.25, 0.3) is 0 Å². The smallest absolute Gasteiger partial charge is 0.408 e. The summed E-state index contributed by atoms with van der Waals surface area (Å²) in [5.41, 5.74) is 1.67. The molecule has 0 fully saturated rings. The molecule has 0 aliphatic rings. The van der Waals surface area contributed by atoms with Crippen LogP contribution in [-0.4, -0.2) is 27.8 Å². The average molecular weight is 302 g/mol. The van der Waals surface area contributed by atoms with Gasteiger partial charge >= 0.3 is 12.1 Å². The highest BCUT2D eigenvalue weighted by Gasteiger charge is 2.21. The molecule has 0 radical (unpaired) electrons. The molecule has 2 aromatic rings. The quantitative estimate of drug-likeness (QED) is 0.854. The Morgan fingerprint density at radius 1 is 1.23 bits per heavy atom. The van der Waals surface area contributed by atoms with Crippen LogP contribution < -0.4 is 5.32 Å². The van der Waals surface area contributed by atoms with Gasteiger partial charge in [-0.25, -0.2) is 9.59 Å². The Hall–Kier alpha value is -2.76. The zero-order valence-corrected chi connectivity index (χ0v) is 12.2. The summed E-state index contributed by atoms with van der Waals surface area (Å²) in [6, 6.07) is 9.98. The molecule has 22 heavy (non-hydrogen) atoms. The summed E-state index contributed by atoms with van der Waals surface area (Å²) < 4.78 is 6.85. The van der Waals surface area contributed by atoms with E-state index in [9.17, 15) is 14.7 Å². The van der Waals surface area contributed by atoms with Crippen molar-refractivity contribution in [2.24, 2.45) is 7.05 Å². The Morgan fingerprint density at radius 3 is 2.55 bits per heavy atom. The lowest BCUT2D eigenvalue weighted by molar-refractivity contribution is -0.139. The molecule has 1 atom stereocenters. The van der Waals surface area contributed by atoms with Gasteiger partial charge in [0.05, 0.1) is 0 Å². The number of amides is 1. The summed E-state index contributed by atoms with van der Waals surface area (Å²) >= 11 is 0. The van der Waals surface area contributed by atoms with Crippen LogP contribution in [0.5, 0.6) is 0 Å². The fraction of sp³-hybridized carbons (Fsp3) is 0.250. The van der Waals surface area contributed by atoms with Gasteiger partial charge in [0.15, 0.2) is 0 Å². The SMILES string of the molecule is Cn1ccc(CC(NC(=O)OCc2ccccc2)C(=O)O)c1. The van der Waals surface area contributed by atoms with Gasteiger partial charge in [0, 0.05) is 25.9 Å². The summed E-state index contributed by atoms with van der Waals surface area (Å²) in [5, 5.41) is 11.6. The number of benzene rings is 1. The molecule has 0 aliphatic heterocycles. The highest BCUT2D eigenvalue weighted by atomic mass is 16.5. The molecule has 1 aromatic heterocycles. The Kier molecular flexibility index (Phi) is 5.19. The number of aryl methyl sites for hydroxylation is 1. The second-order valence-electron chi connectivity index (χ2n) is 4.99. The van der Waals surface area contributed by atoms with Gasteiger partial charge in [-0.3, -0.25) is 0 Å². The van der Waals surface area contributed by atoms with Crippen molar-refractivity contribution >= 4 is 12.1 Å². The van der Waals surface area contributed by atoms with Crippen LogP contribution in [0, 0.1) is 0 Å². The summed E-state index contributed by atoms with van der Waals surface area (Å²) in [7, 11) is 1.85. The third-order valence-corrected chi connectivity index (χ3v) is 3.14. The lowest BCUT2D eigenvalue weighted by Gasteiger charge is -2.14. The summed E-state index contributed by atoms with van der Waals surface area (Å²) in [4.78, 5) is 23.0. The molecule has 6 heteroatoms. The minimum Gasteiger partial charge on any atom is -0.480 e. The molecule has 1 amide bonds. The van der Waals surface area contributed by atoms with Gasteiger partial charge < -0.3 is 19.7 Å². The number of hydrogen-bond donors (Lipinski definition) is 2. The molecule has 0 aliphatic carbocycles. The third kappa shape index (κ3) is 4.66. The van der Waals surface area contributed by atoms with E-state index in [-0.39, 0.29) is 13.0 Å². The zero-order valence-electron chi connectivity index (χ0n) is 12.2. The number of nitrogens with one attached hydrogen (secondary N) is 1. The van der Waals surface area contributed by atoms with E-state index in [1.54, 1.807) is 0 Å². The minimum atomic E-state index is -1.10. The molecule has 0 bridgehead atoms. The van der Waals surface area contributed by atoms with E-state index in [2.05, 4.69) is 5.32 Å². The number of ether oxygens (including phenoxy) is 1. The summed E-state index contributed by atoms with van der Waals surface area (Å²) in [5.74, 6) is -1.10. The zero-order chi connectivity index (χ0) is 15.9. The predicted molar refractivity (Wildman–Crippen MR) is 80.3 cm³/mol. The van der Waals surface area contributed by atoms with E-state index in [4.69, 9.17) is 4.74 Å². The first kappa shape index (κ1) is 15.6. The Labute approximate surface area is 128 Å². The van der Waals surface area contributed by atoms with Gasteiger partial charge in [-0.15, -0.1) is 0 Å². The maximum Gasteiger partial charge on any atom is 0.408 e. The van der Waals surface area contributed by atoms with Crippen molar-refractivity contribution in [2.75, 3.05) is 0 Å². The molecular weight excluding hydrogens is 284 g/mol. The molecule has 1 heterocycles. The monoisotopic (exact) mass is 302 g/mol. The number of alkyl carbamates (subject to hydrolysis) is 1. The van der Waals surface area contributed by atoms with Gasteiger partial charge in [-0.1, -0.05) is 30.3 Å². The Bertz CT molecular complexity index is 637. The number of hydrogen-bond acceptors (Lipinski definition) is 3. The first-order chi connectivity index (χ1) is 10.5. The van der Waals surface area contributed by atoms with Gasteiger partial charge in [0.1, 0.15) is 12.6 Å². The maximum atomic E-state index is 11.7. The van der Waals surface area contributed by atoms with Crippen LogP contribution in [0.15, 0.2) is 48.8 Å². The molecule has 0 spiro atoms. The predicted octanol–water partition coefficient (Wildman–Crippen LogP) is 1.95. The number of carbonyl (C=O) groups excluding carboxylic acids is 1. The number of nitrogens with zero attached hydrogens (tertiary/aromatic N) is 1. The van der Waals surface area contributed by atoms with Gasteiger partial charge in [0.25, 0.3) is 0 Å². The van der Waals surface area contributed by atoms with Crippen molar-refractivity contribution in [2.45, 2.75) is 19.1 Å². The first-order valence-electron chi connectivity index (χ1n) is 6.85. The number of carboxylic acids is 1. The molecule has 2 N–H and O–H groups in total. The molecule has 116 valence electrons. The largest absolute Gasteiger partial charge is 0.480 e. The fourth-order valence-electron chi connectivity index (χ4n) is 2.02. The van der Waals surface area contributed by atoms with Gasteiger partial charge in [-0.05, 0) is 17.2 Å². The highest BCUT2D eigenvalue weighted by Crippen LogP contribution is 2.05. The molecule has 1 unspecified atom stereocenters. The second-order valence-corrected chi connectivity index (χ2v) is 4.99. The van der Waals surface area contributed by atoms with Crippen LogP contribution in [-0.2, 0) is 29.6 Å². The van der Waals surface area contributed by atoms with Gasteiger partial charge in [-0.2, -0.15) is 0 Å². The van der Waals surface area contributed by atoms with E-state index in [0.717, 1.165) is 11.1 Å². The maximum absolute atomic E-state index is 11.7. The molecule has 1 aromatic carbocycles. The van der Waals surface area contributed by atoms with Crippen molar-refractivity contribution < 1.29 is 19.4 Å². The number of rotatable bonds is 6. The van der Waals surface area contributed by atoms with E-state index < -0.39 is 18.1 Å². The first-order valence-corrected chi connectivity index (χ1v) is 6.85.